The summed E-state index contributed by atoms with van der Waals surface area (Å²) in [6.07, 6.45) is -7.85. The Bertz CT molecular complexity index is 854. The largest absolute Gasteiger partial charge is 0.364 e. The van der Waals surface area contributed by atoms with Gasteiger partial charge in [-0.25, -0.2) is 17.6 Å². The highest BCUT2D eigenvalue weighted by molar-refractivity contribution is 6.03. The number of carbonyl (C=O) groups is 1. The molecule has 0 radical (unpaired) electrons. The first-order chi connectivity index (χ1) is 12.3. The molecule has 1 atom stereocenters. The Morgan fingerprint density at radius 3 is 2.50 bits per heavy atom. The van der Waals surface area contributed by atoms with Crippen molar-refractivity contribution in [2.24, 2.45) is 5.10 Å². The van der Waals surface area contributed by atoms with Gasteiger partial charge in [-0.2, -0.15) is 10.1 Å². The van der Waals surface area contributed by atoms with E-state index < -0.39 is 36.6 Å². The van der Waals surface area contributed by atoms with Crippen molar-refractivity contribution < 1.29 is 32.0 Å². The first kappa shape index (κ1) is 18.1. The second-order valence-electron chi connectivity index (χ2n) is 5.69. The van der Waals surface area contributed by atoms with Crippen LogP contribution in [0.15, 0.2) is 40.0 Å². The van der Waals surface area contributed by atoms with Crippen molar-refractivity contribution in [3.63, 3.8) is 0 Å². The lowest BCUT2D eigenvalue weighted by Gasteiger charge is -2.29. The van der Waals surface area contributed by atoms with Crippen LogP contribution >= 0.6 is 0 Å². The standard InChI is InChI=1S/C16H13F4N3O3/c1-8-11(12(22-26-8)9-5-3-2-4-6-9)14(24)23-16(25,15(19)20)7-10(21-23)13(17)18/h2-6,13,15,25H,7H2,1H3/t16-/m0/s1. The SMILES string of the molecule is Cc1onc(-c2ccccc2)c1C(=O)N1N=C(C(F)F)C[C@]1(O)C(F)F. The Labute approximate surface area is 144 Å². The van der Waals surface area contributed by atoms with Crippen LogP contribution < -0.4 is 0 Å². The summed E-state index contributed by atoms with van der Waals surface area (Å²) >= 11 is 0. The van der Waals surface area contributed by atoms with Crippen LogP contribution in [0.3, 0.4) is 0 Å². The normalized spacial score (nSPS) is 20.2. The highest BCUT2D eigenvalue weighted by Gasteiger charge is 2.54. The minimum atomic E-state index is -3.51. The van der Waals surface area contributed by atoms with Crippen LogP contribution in [-0.2, 0) is 0 Å². The average Bonchev–Trinajstić information content (AvgIpc) is 3.17. The fourth-order valence-electron chi connectivity index (χ4n) is 2.63. The van der Waals surface area contributed by atoms with Gasteiger partial charge in [0.15, 0.2) is 0 Å². The predicted octanol–water partition coefficient (Wildman–Crippen LogP) is 3.07. The lowest BCUT2D eigenvalue weighted by Crippen LogP contribution is -2.51. The van der Waals surface area contributed by atoms with Crippen molar-refractivity contribution in [1.82, 2.24) is 10.2 Å². The Kier molecular flexibility index (Phi) is 4.53. The highest BCUT2D eigenvalue weighted by Crippen LogP contribution is 2.36. The lowest BCUT2D eigenvalue weighted by atomic mass is 10.0. The number of halogens is 4. The number of alkyl halides is 4. The molecule has 1 N–H and O–H groups in total. The summed E-state index contributed by atoms with van der Waals surface area (Å²) in [5, 5.41) is 17.1. The average molecular weight is 371 g/mol. The van der Waals surface area contributed by atoms with Crippen molar-refractivity contribution in [3.8, 4) is 11.3 Å². The molecule has 1 amide bonds. The maximum Gasteiger partial charge on any atom is 0.287 e. The molecule has 26 heavy (non-hydrogen) atoms. The molecule has 2 heterocycles. The number of nitrogens with zero attached hydrogens (tertiary/aromatic N) is 3. The van der Waals surface area contributed by atoms with E-state index in [1.54, 1.807) is 30.3 Å². The van der Waals surface area contributed by atoms with Crippen LogP contribution in [-0.4, -0.2) is 45.5 Å². The zero-order valence-corrected chi connectivity index (χ0v) is 13.4. The van der Waals surface area contributed by atoms with Gasteiger partial charge >= 0.3 is 0 Å². The fourth-order valence-corrected chi connectivity index (χ4v) is 2.63. The zero-order chi connectivity index (χ0) is 19.1. The smallest absolute Gasteiger partial charge is 0.287 e. The molecule has 2 aromatic rings. The molecule has 6 nitrogen and oxygen atoms in total. The predicted molar refractivity (Wildman–Crippen MR) is 81.9 cm³/mol. The van der Waals surface area contributed by atoms with Crippen LogP contribution in [0.2, 0.25) is 0 Å². The van der Waals surface area contributed by atoms with Gasteiger partial charge in [0, 0.05) is 12.0 Å². The van der Waals surface area contributed by atoms with E-state index in [-0.39, 0.29) is 22.0 Å². The van der Waals surface area contributed by atoms with E-state index in [1.807, 2.05) is 0 Å². The second-order valence-corrected chi connectivity index (χ2v) is 5.69. The molecule has 1 aliphatic rings. The van der Waals surface area contributed by atoms with Crippen molar-refractivity contribution in [1.29, 1.82) is 0 Å². The Morgan fingerprint density at radius 1 is 1.27 bits per heavy atom. The van der Waals surface area contributed by atoms with Gasteiger partial charge in [0.05, 0.1) is 0 Å². The molecule has 3 rings (SSSR count). The summed E-state index contributed by atoms with van der Waals surface area (Å²) in [6, 6.07) is 8.24. The maximum atomic E-state index is 13.3. The lowest BCUT2D eigenvalue weighted by molar-refractivity contribution is -0.164. The van der Waals surface area contributed by atoms with Crippen molar-refractivity contribution in [2.45, 2.75) is 31.9 Å². The monoisotopic (exact) mass is 371 g/mol. The zero-order valence-electron chi connectivity index (χ0n) is 13.4. The molecule has 1 aromatic carbocycles. The molecule has 0 spiro atoms. The van der Waals surface area contributed by atoms with E-state index in [0.717, 1.165) is 0 Å². The van der Waals surface area contributed by atoms with Crippen LogP contribution in [0, 0.1) is 6.92 Å². The Morgan fingerprint density at radius 2 is 1.92 bits per heavy atom. The Hall–Kier alpha value is -2.75. The van der Waals surface area contributed by atoms with Gasteiger partial charge in [0.25, 0.3) is 18.8 Å². The van der Waals surface area contributed by atoms with E-state index in [0.29, 0.717) is 5.56 Å². The molecule has 10 heteroatoms. The summed E-state index contributed by atoms with van der Waals surface area (Å²) in [5.41, 5.74) is -3.93. The summed E-state index contributed by atoms with van der Waals surface area (Å²) in [7, 11) is 0. The first-order valence-corrected chi connectivity index (χ1v) is 7.48. The van der Waals surface area contributed by atoms with Crippen LogP contribution in [0.5, 0.6) is 0 Å². The number of amides is 1. The maximum absolute atomic E-state index is 13.3. The molecule has 0 aliphatic carbocycles. The molecule has 0 saturated heterocycles. The molecule has 0 unspecified atom stereocenters. The summed E-state index contributed by atoms with van der Waals surface area (Å²) in [5.74, 6) is -1.23. The van der Waals surface area contributed by atoms with Gasteiger partial charge in [0.1, 0.15) is 22.7 Å². The van der Waals surface area contributed by atoms with E-state index >= 15 is 0 Å². The van der Waals surface area contributed by atoms with Gasteiger partial charge < -0.3 is 9.63 Å². The molecule has 0 bridgehead atoms. The summed E-state index contributed by atoms with van der Waals surface area (Å²) in [4.78, 5) is 12.8. The second kappa shape index (κ2) is 6.52. The molecule has 1 aromatic heterocycles. The van der Waals surface area contributed by atoms with Crippen LogP contribution in [0.1, 0.15) is 22.5 Å². The Balaban J connectivity index is 2.08. The van der Waals surface area contributed by atoms with Gasteiger partial charge in [-0.05, 0) is 6.92 Å². The van der Waals surface area contributed by atoms with Crippen LogP contribution in [0.25, 0.3) is 11.3 Å². The molecular weight excluding hydrogens is 358 g/mol. The van der Waals surface area contributed by atoms with Gasteiger partial charge in [-0.15, -0.1) is 0 Å². The third kappa shape index (κ3) is 2.85. The van der Waals surface area contributed by atoms with Gasteiger partial charge in [-0.3, -0.25) is 4.79 Å². The summed E-state index contributed by atoms with van der Waals surface area (Å²) in [6.45, 7) is 1.36. The summed E-state index contributed by atoms with van der Waals surface area (Å²) < 4.78 is 57.4. The van der Waals surface area contributed by atoms with Crippen LogP contribution in [0.4, 0.5) is 17.6 Å². The number of aliphatic hydroxyl groups is 1. The fraction of sp³-hybridized carbons (Fsp3) is 0.312. The number of aryl methyl sites for hydroxylation is 1. The van der Waals surface area contributed by atoms with Crippen molar-refractivity contribution in [2.75, 3.05) is 0 Å². The van der Waals surface area contributed by atoms with E-state index in [2.05, 4.69) is 10.3 Å². The number of carbonyl (C=O) groups excluding carboxylic acids is 1. The van der Waals surface area contributed by atoms with Gasteiger partial charge in [-0.1, -0.05) is 35.5 Å². The number of hydrogen-bond donors (Lipinski definition) is 1. The topological polar surface area (TPSA) is 78.9 Å². The third-order valence-corrected chi connectivity index (χ3v) is 3.95. The van der Waals surface area contributed by atoms with Crippen molar-refractivity contribution in [3.05, 3.63) is 41.7 Å². The number of rotatable bonds is 4. The van der Waals surface area contributed by atoms with E-state index in [1.165, 1.54) is 6.92 Å². The molecule has 1 aliphatic heterocycles. The molecule has 0 fully saturated rings. The number of hydrazone groups is 1. The molecule has 138 valence electrons. The van der Waals surface area contributed by atoms with Gasteiger partial charge in [0.2, 0.25) is 5.72 Å². The number of aromatic nitrogens is 1. The number of hydrogen-bond acceptors (Lipinski definition) is 5. The first-order valence-electron chi connectivity index (χ1n) is 7.48. The number of benzene rings is 1. The third-order valence-electron chi connectivity index (χ3n) is 3.95. The molecular formula is C16H13F4N3O3. The minimum absolute atomic E-state index is 0.00880. The van der Waals surface area contributed by atoms with E-state index in [4.69, 9.17) is 4.52 Å². The highest BCUT2D eigenvalue weighted by atomic mass is 19.3. The van der Waals surface area contributed by atoms with E-state index in [9.17, 15) is 27.5 Å². The molecule has 0 saturated carbocycles. The van der Waals surface area contributed by atoms with Crippen molar-refractivity contribution >= 4 is 11.6 Å². The minimum Gasteiger partial charge on any atom is -0.364 e. The quantitative estimate of drug-likeness (QED) is 0.838.